The summed E-state index contributed by atoms with van der Waals surface area (Å²) in [6, 6.07) is 3.28. The SMILES string of the molecule is Cc1c(N)noc1-c1ccc([N+](=O)[O-])cc1F. The van der Waals surface area contributed by atoms with Crippen LogP contribution >= 0.6 is 0 Å². The Morgan fingerprint density at radius 2 is 2.24 bits per heavy atom. The van der Waals surface area contributed by atoms with E-state index in [9.17, 15) is 14.5 Å². The van der Waals surface area contributed by atoms with Crippen LogP contribution in [0.25, 0.3) is 11.3 Å². The van der Waals surface area contributed by atoms with E-state index >= 15 is 0 Å². The minimum absolute atomic E-state index is 0.0947. The fourth-order valence-electron chi connectivity index (χ4n) is 1.40. The van der Waals surface area contributed by atoms with Crippen molar-refractivity contribution in [3.05, 3.63) is 39.7 Å². The Kier molecular flexibility index (Phi) is 2.51. The molecule has 0 aliphatic rings. The molecular formula is C10H8FN3O3. The van der Waals surface area contributed by atoms with Crippen molar-refractivity contribution in [2.75, 3.05) is 5.73 Å². The average molecular weight is 237 g/mol. The van der Waals surface area contributed by atoms with E-state index in [-0.39, 0.29) is 22.8 Å². The highest BCUT2D eigenvalue weighted by atomic mass is 19.1. The molecule has 0 atom stereocenters. The maximum absolute atomic E-state index is 13.7. The molecule has 0 aliphatic heterocycles. The first-order valence-electron chi connectivity index (χ1n) is 4.66. The number of anilines is 1. The fourth-order valence-corrected chi connectivity index (χ4v) is 1.40. The van der Waals surface area contributed by atoms with Gasteiger partial charge in [0.15, 0.2) is 11.6 Å². The third-order valence-electron chi connectivity index (χ3n) is 2.37. The van der Waals surface area contributed by atoms with Gasteiger partial charge in [0, 0.05) is 11.6 Å². The van der Waals surface area contributed by atoms with Crippen molar-refractivity contribution >= 4 is 11.5 Å². The number of nitro groups is 1. The minimum atomic E-state index is -0.751. The van der Waals surface area contributed by atoms with Gasteiger partial charge in [-0.3, -0.25) is 10.1 Å². The van der Waals surface area contributed by atoms with Crippen LogP contribution in [0.4, 0.5) is 15.9 Å². The second-order valence-corrected chi connectivity index (χ2v) is 3.44. The Labute approximate surface area is 95.0 Å². The molecule has 0 amide bonds. The number of hydrogen-bond donors (Lipinski definition) is 1. The molecule has 0 radical (unpaired) electrons. The van der Waals surface area contributed by atoms with Crippen molar-refractivity contribution in [1.29, 1.82) is 0 Å². The van der Waals surface area contributed by atoms with E-state index in [2.05, 4.69) is 5.16 Å². The highest BCUT2D eigenvalue weighted by molar-refractivity contribution is 5.67. The summed E-state index contributed by atoms with van der Waals surface area (Å²) in [4.78, 5) is 9.78. The molecule has 2 aromatic rings. The number of aromatic nitrogens is 1. The van der Waals surface area contributed by atoms with Crippen LogP contribution in [0.3, 0.4) is 0 Å². The summed E-state index contributed by atoms with van der Waals surface area (Å²) in [5.41, 5.74) is 5.74. The first-order chi connectivity index (χ1) is 8.00. The van der Waals surface area contributed by atoms with Gasteiger partial charge in [0.25, 0.3) is 5.69 Å². The zero-order valence-corrected chi connectivity index (χ0v) is 8.81. The van der Waals surface area contributed by atoms with Crippen LogP contribution in [0.5, 0.6) is 0 Å². The smallest absolute Gasteiger partial charge is 0.272 e. The molecule has 0 saturated heterocycles. The van der Waals surface area contributed by atoms with Gasteiger partial charge in [0.2, 0.25) is 0 Å². The second kappa shape index (κ2) is 3.85. The number of nitro benzene ring substituents is 1. The lowest BCUT2D eigenvalue weighted by molar-refractivity contribution is -0.385. The van der Waals surface area contributed by atoms with E-state index in [1.807, 2.05) is 0 Å². The lowest BCUT2D eigenvalue weighted by atomic mass is 10.1. The maximum Gasteiger partial charge on any atom is 0.272 e. The Balaban J connectivity index is 2.54. The molecule has 1 aromatic heterocycles. The molecule has 2 rings (SSSR count). The molecule has 17 heavy (non-hydrogen) atoms. The van der Waals surface area contributed by atoms with Gasteiger partial charge in [-0.05, 0) is 13.0 Å². The zero-order chi connectivity index (χ0) is 12.6. The zero-order valence-electron chi connectivity index (χ0n) is 8.81. The summed E-state index contributed by atoms with van der Waals surface area (Å²) in [7, 11) is 0. The predicted octanol–water partition coefficient (Wildman–Crippen LogP) is 2.28. The quantitative estimate of drug-likeness (QED) is 0.638. The van der Waals surface area contributed by atoms with E-state index in [4.69, 9.17) is 10.3 Å². The predicted molar refractivity (Wildman–Crippen MR) is 57.7 cm³/mol. The molecular weight excluding hydrogens is 229 g/mol. The number of nitrogens with zero attached hydrogens (tertiary/aromatic N) is 2. The molecule has 2 N–H and O–H groups in total. The molecule has 6 nitrogen and oxygen atoms in total. The lowest BCUT2D eigenvalue weighted by Crippen LogP contribution is -1.92. The van der Waals surface area contributed by atoms with Gasteiger partial charge in [0.05, 0.1) is 16.6 Å². The molecule has 0 unspecified atom stereocenters. The fraction of sp³-hybridized carbons (Fsp3) is 0.100. The molecule has 1 heterocycles. The Bertz CT molecular complexity index is 594. The first-order valence-corrected chi connectivity index (χ1v) is 4.66. The number of halogens is 1. The molecule has 0 saturated carbocycles. The highest BCUT2D eigenvalue weighted by Gasteiger charge is 2.18. The number of rotatable bonds is 2. The van der Waals surface area contributed by atoms with Crippen LogP contribution in [0.1, 0.15) is 5.56 Å². The van der Waals surface area contributed by atoms with Gasteiger partial charge in [-0.15, -0.1) is 0 Å². The molecule has 88 valence electrons. The topological polar surface area (TPSA) is 95.2 Å². The summed E-state index contributed by atoms with van der Waals surface area (Å²) in [6.07, 6.45) is 0. The van der Waals surface area contributed by atoms with Crippen molar-refractivity contribution in [3.8, 4) is 11.3 Å². The molecule has 7 heteroatoms. The second-order valence-electron chi connectivity index (χ2n) is 3.44. The van der Waals surface area contributed by atoms with E-state index in [0.29, 0.717) is 5.56 Å². The summed E-state index contributed by atoms with van der Waals surface area (Å²) >= 11 is 0. The third-order valence-corrected chi connectivity index (χ3v) is 2.37. The minimum Gasteiger partial charge on any atom is -0.381 e. The highest BCUT2D eigenvalue weighted by Crippen LogP contribution is 2.30. The van der Waals surface area contributed by atoms with Gasteiger partial charge >= 0.3 is 0 Å². The van der Waals surface area contributed by atoms with Crippen LogP contribution in [0.2, 0.25) is 0 Å². The summed E-state index contributed by atoms with van der Waals surface area (Å²) in [5, 5.41) is 13.9. The number of benzene rings is 1. The van der Waals surface area contributed by atoms with Crippen LogP contribution < -0.4 is 5.73 Å². The van der Waals surface area contributed by atoms with Crippen molar-refractivity contribution in [2.24, 2.45) is 0 Å². The Hall–Kier alpha value is -2.44. The molecule has 0 fully saturated rings. The van der Waals surface area contributed by atoms with Gasteiger partial charge in [-0.2, -0.15) is 0 Å². The average Bonchev–Trinajstić information content (AvgIpc) is 2.60. The van der Waals surface area contributed by atoms with Gasteiger partial charge < -0.3 is 10.3 Å². The maximum atomic E-state index is 13.7. The molecule has 0 aliphatic carbocycles. The van der Waals surface area contributed by atoms with Crippen molar-refractivity contribution < 1.29 is 13.8 Å². The van der Waals surface area contributed by atoms with Gasteiger partial charge in [0.1, 0.15) is 5.82 Å². The molecule has 0 bridgehead atoms. The molecule has 1 aromatic carbocycles. The summed E-state index contributed by atoms with van der Waals surface area (Å²) in [5.74, 6) is -0.411. The van der Waals surface area contributed by atoms with Crippen LogP contribution in [0, 0.1) is 22.9 Å². The van der Waals surface area contributed by atoms with Gasteiger partial charge in [-0.1, -0.05) is 5.16 Å². The van der Waals surface area contributed by atoms with E-state index < -0.39 is 10.7 Å². The van der Waals surface area contributed by atoms with Crippen molar-refractivity contribution in [3.63, 3.8) is 0 Å². The molecule has 0 spiro atoms. The van der Waals surface area contributed by atoms with Crippen LogP contribution in [-0.4, -0.2) is 10.1 Å². The first kappa shape index (κ1) is 11.1. The third kappa shape index (κ3) is 1.82. The van der Waals surface area contributed by atoms with E-state index in [1.165, 1.54) is 12.1 Å². The van der Waals surface area contributed by atoms with E-state index in [0.717, 1.165) is 6.07 Å². The number of non-ortho nitro benzene ring substituents is 1. The van der Waals surface area contributed by atoms with Crippen LogP contribution in [-0.2, 0) is 0 Å². The normalized spacial score (nSPS) is 10.5. The van der Waals surface area contributed by atoms with Crippen molar-refractivity contribution in [2.45, 2.75) is 6.92 Å². The van der Waals surface area contributed by atoms with Crippen LogP contribution in [0.15, 0.2) is 22.7 Å². The summed E-state index contributed by atoms with van der Waals surface area (Å²) < 4.78 is 18.5. The number of nitrogens with two attached hydrogens (primary N) is 1. The number of hydrogen-bond acceptors (Lipinski definition) is 5. The van der Waals surface area contributed by atoms with E-state index in [1.54, 1.807) is 6.92 Å². The Morgan fingerprint density at radius 3 is 2.71 bits per heavy atom. The standard InChI is InChI=1S/C10H8FN3O3/c1-5-9(17-13-10(5)12)7-3-2-6(14(15)16)4-8(7)11/h2-4H,1H3,(H2,12,13). The monoisotopic (exact) mass is 237 g/mol. The number of nitrogen functional groups attached to an aromatic ring is 1. The van der Waals surface area contributed by atoms with Crippen molar-refractivity contribution in [1.82, 2.24) is 5.16 Å². The Morgan fingerprint density at radius 1 is 1.53 bits per heavy atom. The van der Waals surface area contributed by atoms with Gasteiger partial charge in [-0.25, -0.2) is 4.39 Å². The summed E-state index contributed by atoms with van der Waals surface area (Å²) in [6.45, 7) is 1.63. The lowest BCUT2D eigenvalue weighted by Gasteiger charge is -1.99. The largest absolute Gasteiger partial charge is 0.381 e.